The van der Waals surface area contributed by atoms with Gasteiger partial charge in [0.15, 0.2) is 0 Å². The third-order valence-corrected chi connectivity index (χ3v) is 3.65. The van der Waals surface area contributed by atoms with Crippen LogP contribution in [0.3, 0.4) is 0 Å². The number of rotatable bonds is 5. The SMILES string of the molecule is O=C(CCCCl)N1CCN(Cc2cccnc2)CC1. The maximum Gasteiger partial charge on any atom is 0.222 e. The predicted molar refractivity (Wildman–Crippen MR) is 76.0 cm³/mol. The Morgan fingerprint density at radius 3 is 2.74 bits per heavy atom. The minimum absolute atomic E-state index is 0.238. The molecule has 5 heteroatoms. The molecule has 0 unspecified atom stereocenters. The van der Waals surface area contributed by atoms with Crippen molar-refractivity contribution >= 4 is 17.5 Å². The van der Waals surface area contributed by atoms with Crippen molar-refractivity contribution in [2.24, 2.45) is 0 Å². The maximum absolute atomic E-state index is 11.9. The van der Waals surface area contributed by atoms with E-state index in [1.807, 2.05) is 17.2 Å². The highest BCUT2D eigenvalue weighted by molar-refractivity contribution is 6.17. The summed E-state index contributed by atoms with van der Waals surface area (Å²) < 4.78 is 0. The fourth-order valence-electron chi connectivity index (χ4n) is 2.28. The molecule has 1 aromatic rings. The summed E-state index contributed by atoms with van der Waals surface area (Å²) in [4.78, 5) is 20.3. The topological polar surface area (TPSA) is 36.4 Å². The number of carbonyl (C=O) groups excluding carboxylic acids is 1. The molecule has 0 bridgehead atoms. The van der Waals surface area contributed by atoms with Crippen molar-refractivity contribution in [3.05, 3.63) is 30.1 Å². The summed E-state index contributed by atoms with van der Waals surface area (Å²) in [5, 5.41) is 0. The summed E-state index contributed by atoms with van der Waals surface area (Å²) in [6.45, 7) is 4.42. The zero-order valence-corrected chi connectivity index (χ0v) is 11.9. The van der Waals surface area contributed by atoms with E-state index in [-0.39, 0.29) is 5.91 Å². The van der Waals surface area contributed by atoms with E-state index in [2.05, 4.69) is 16.0 Å². The van der Waals surface area contributed by atoms with Crippen LogP contribution in [0.25, 0.3) is 0 Å². The van der Waals surface area contributed by atoms with E-state index in [9.17, 15) is 4.79 Å². The predicted octanol–water partition coefficient (Wildman–Crippen LogP) is 1.74. The van der Waals surface area contributed by atoms with Crippen LogP contribution in [0.1, 0.15) is 18.4 Å². The lowest BCUT2D eigenvalue weighted by Gasteiger charge is -2.34. The van der Waals surface area contributed by atoms with Gasteiger partial charge in [-0.2, -0.15) is 0 Å². The summed E-state index contributed by atoms with van der Waals surface area (Å²) in [6, 6.07) is 4.05. The first kappa shape index (κ1) is 14.3. The summed E-state index contributed by atoms with van der Waals surface area (Å²) >= 11 is 5.61. The minimum Gasteiger partial charge on any atom is -0.340 e. The van der Waals surface area contributed by atoms with E-state index in [0.717, 1.165) is 39.1 Å². The van der Waals surface area contributed by atoms with Gasteiger partial charge in [-0.1, -0.05) is 6.07 Å². The van der Waals surface area contributed by atoms with Gasteiger partial charge < -0.3 is 4.90 Å². The number of nitrogens with zero attached hydrogens (tertiary/aromatic N) is 3. The van der Waals surface area contributed by atoms with Gasteiger partial charge in [0.25, 0.3) is 0 Å². The fourth-order valence-corrected chi connectivity index (χ4v) is 2.42. The first-order chi connectivity index (χ1) is 9.29. The lowest BCUT2D eigenvalue weighted by Crippen LogP contribution is -2.48. The average Bonchev–Trinajstić information content (AvgIpc) is 2.46. The van der Waals surface area contributed by atoms with Crippen molar-refractivity contribution in [1.82, 2.24) is 14.8 Å². The van der Waals surface area contributed by atoms with Crippen molar-refractivity contribution < 1.29 is 4.79 Å². The molecular formula is C14H20ClN3O. The highest BCUT2D eigenvalue weighted by atomic mass is 35.5. The molecule has 2 rings (SSSR count). The van der Waals surface area contributed by atoms with Crippen LogP contribution in [-0.4, -0.2) is 52.8 Å². The second-order valence-electron chi connectivity index (χ2n) is 4.81. The molecule has 0 spiro atoms. The van der Waals surface area contributed by atoms with E-state index in [0.29, 0.717) is 12.3 Å². The van der Waals surface area contributed by atoms with Gasteiger partial charge in [0.2, 0.25) is 5.91 Å². The third-order valence-electron chi connectivity index (χ3n) is 3.38. The Balaban J connectivity index is 1.75. The number of piperazine rings is 1. The van der Waals surface area contributed by atoms with Gasteiger partial charge in [0.1, 0.15) is 0 Å². The zero-order valence-electron chi connectivity index (χ0n) is 11.1. The Kier molecular flexibility index (Phi) is 5.61. The molecule has 0 aromatic carbocycles. The molecule has 1 fully saturated rings. The van der Waals surface area contributed by atoms with E-state index < -0.39 is 0 Å². The number of amides is 1. The molecule has 19 heavy (non-hydrogen) atoms. The second-order valence-corrected chi connectivity index (χ2v) is 5.19. The fraction of sp³-hybridized carbons (Fsp3) is 0.571. The number of hydrogen-bond donors (Lipinski definition) is 0. The van der Waals surface area contributed by atoms with Crippen molar-refractivity contribution in [3.63, 3.8) is 0 Å². The number of pyridine rings is 1. The van der Waals surface area contributed by atoms with E-state index >= 15 is 0 Å². The van der Waals surface area contributed by atoms with Gasteiger partial charge in [-0.3, -0.25) is 14.7 Å². The molecule has 0 radical (unpaired) electrons. The number of carbonyl (C=O) groups is 1. The van der Waals surface area contributed by atoms with Gasteiger partial charge >= 0.3 is 0 Å². The van der Waals surface area contributed by atoms with Crippen LogP contribution in [0.2, 0.25) is 0 Å². The molecule has 1 aliphatic rings. The molecule has 0 atom stereocenters. The highest BCUT2D eigenvalue weighted by Gasteiger charge is 2.20. The van der Waals surface area contributed by atoms with Crippen molar-refractivity contribution in [2.45, 2.75) is 19.4 Å². The van der Waals surface area contributed by atoms with Gasteiger partial charge in [-0.25, -0.2) is 0 Å². The lowest BCUT2D eigenvalue weighted by atomic mass is 10.2. The Bertz CT molecular complexity index is 391. The highest BCUT2D eigenvalue weighted by Crippen LogP contribution is 2.09. The Morgan fingerprint density at radius 2 is 2.11 bits per heavy atom. The van der Waals surface area contributed by atoms with Crippen molar-refractivity contribution in [1.29, 1.82) is 0 Å². The standard InChI is InChI=1S/C14H20ClN3O/c15-5-1-4-14(19)18-9-7-17(8-10-18)12-13-3-2-6-16-11-13/h2-3,6,11H,1,4-5,7-10,12H2. The first-order valence-corrected chi connectivity index (χ1v) is 7.28. The molecule has 1 aliphatic heterocycles. The second kappa shape index (κ2) is 7.46. The largest absolute Gasteiger partial charge is 0.340 e. The summed E-state index contributed by atoms with van der Waals surface area (Å²) in [7, 11) is 0. The molecule has 1 saturated heterocycles. The van der Waals surface area contributed by atoms with E-state index in [1.165, 1.54) is 5.56 Å². The summed E-state index contributed by atoms with van der Waals surface area (Å²) in [5.74, 6) is 0.800. The molecule has 2 heterocycles. The smallest absolute Gasteiger partial charge is 0.222 e. The molecule has 0 aliphatic carbocycles. The lowest BCUT2D eigenvalue weighted by molar-refractivity contribution is -0.133. The molecule has 1 aromatic heterocycles. The number of aromatic nitrogens is 1. The Morgan fingerprint density at radius 1 is 1.32 bits per heavy atom. The Labute approximate surface area is 119 Å². The Hall–Kier alpha value is -1.13. The van der Waals surface area contributed by atoms with Crippen molar-refractivity contribution in [3.8, 4) is 0 Å². The van der Waals surface area contributed by atoms with E-state index in [1.54, 1.807) is 6.20 Å². The molecule has 0 saturated carbocycles. The zero-order chi connectivity index (χ0) is 13.5. The van der Waals surface area contributed by atoms with Gasteiger partial charge in [0, 0.05) is 57.4 Å². The van der Waals surface area contributed by atoms with E-state index in [4.69, 9.17) is 11.6 Å². The van der Waals surface area contributed by atoms with Crippen LogP contribution in [-0.2, 0) is 11.3 Å². The maximum atomic E-state index is 11.9. The monoisotopic (exact) mass is 281 g/mol. The number of hydrogen-bond acceptors (Lipinski definition) is 3. The molecule has 1 amide bonds. The molecule has 4 nitrogen and oxygen atoms in total. The van der Waals surface area contributed by atoms with Gasteiger partial charge in [-0.05, 0) is 18.1 Å². The van der Waals surface area contributed by atoms with Crippen molar-refractivity contribution in [2.75, 3.05) is 32.1 Å². The van der Waals surface area contributed by atoms with Gasteiger partial charge in [-0.15, -0.1) is 11.6 Å². The van der Waals surface area contributed by atoms with Crippen LogP contribution in [0.5, 0.6) is 0 Å². The number of halogens is 1. The van der Waals surface area contributed by atoms with Crippen LogP contribution in [0.15, 0.2) is 24.5 Å². The normalized spacial score (nSPS) is 16.6. The summed E-state index contributed by atoms with van der Waals surface area (Å²) in [5.41, 5.74) is 1.23. The minimum atomic E-state index is 0.238. The quantitative estimate of drug-likeness (QED) is 0.772. The van der Waals surface area contributed by atoms with Gasteiger partial charge in [0.05, 0.1) is 0 Å². The van der Waals surface area contributed by atoms with Crippen LogP contribution < -0.4 is 0 Å². The third kappa shape index (κ3) is 4.48. The molecule has 0 N–H and O–H groups in total. The number of alkyl halides is 1. The molecular weight excluding hydrogens is 262 g/mol. The molecule has 104 valence electrons. The van der Waals surface area contributed by atoms with Crippen LogP contribution >= 0.6 is 11.6 Å². The average molecular weight is 282 g/mol. The first-order valence-electron chi connectivity index (χ1n) is 6.74. The van der Waals surface area contributed by atoms with Crippen LogP contribution in [0.4, 0.5) is 0 Å². The summed E-state index contributed by atoms with van der Waals surface area (Å²) in [6.07, 6.45) is 5.04. The van der Waals surface area contributed by atoms with Crippen LogP contribution in [0, 0.1) is 0 Å².